The molecular weight excluding hydrogens is 572 g/mol. The van der Waals surface area contributed by atoms with Gasteiger partial charge < -0.3 is 29.9 Å². The van der Waals surface area contributed by atoms with Gasteiger partial charge in [-0.1, -0.05) is 122 Å². The molecular formula is C37H66O8. The highest BCUT2D eigenvalue weighted by Crippen LogP contribution is 2.36. The normalized spacial score (nSPS) is 21.5. The van der Waals surface area contributed by atoms with E-state index in [9.17, 15) is 30.0 Å². The van der Waals surface area contributed by atoms with Crippen molar-refractivity contribution < 1.29 is 39.5 Å². The Morgan fingerprint density at radius 1 is 0.711 bits per heavy atom. The fourth-order valence-corrected chi connectivity index (χ4v) is 5.90. The molecule has 0 amide bonds. The average molecular weight is 639 g/mol. The molecule has 8 heteroatoms. The predicted molar refractivity (Wildman–Crippen MR) is 180 cm³/mol. The second-order valence-corrected chi connectivity index (χ2v) is 13.0. The number of hydrogen-bond acceptors (Lipinski definition) is 8. The van der Waals surface area contributed by atoms with E-state index < -0.39 is 30.4 Å². The Bertz CT molecular complexity index is 797. The number of hydrogen-bond donors (Lipinski definition) is 4. The van der Waals surface area contributed by atoms with Crippen LogP contribution >= 0.6 is 0 Å². The third-order valence-corrected chi connectivity index (χ3v) is 8.76. The monoisotopic (exact) mass is 638 g/mol. The maximum absolute atomic E-state index is 12.0. The summed E-state index contributed by atoms with van der Waals surface area (Å²) >= 11 is 0. The molecule has 0 aromatic heterocycles. The number of carbonyl (C=O) groups is 2. The summed E-state index contributed by atoms with van der Waals surface area (Å²) in [6.45, 7) is 3.97. The number of unbranched alkanes of at least 4 members (excludes halogenated alkanes) is 13. The lowest BCUT2D eigenvalue weighted by molar-refractivity contribution is -0.152. The van der Waals surface area contributed by atoms with Gasteiger partial charge >= 0.3 is 11.9 Å². The molecule has 0 radical (unpaired) electrons. The van der Waals surface area contributed by atoms with E-state index in [0.29, 0.717) is 38.5 Å². The van der Waals surface area contributed by atoms with Crippen LogP contribution in [0.2, 0.25) is 0 Å². The highest BCUT2D eigenvalue weighted by atomic mass is 16.6. The van der Waals surface area contributed by atoms with Gasteiger partial charge in [0.05, 0.1) is 18.3 Å². The van der Waals surface area contributed by atoms with E-state index in [1.54, 1.807) is 6.08 Å². The fourth-order valence-electron chi connectivity index (χ4n) is 5.90. The molecule has 1 saturated carbocycles. The van der Waals surface area contributed by atoms with Gasteiger partial charge in [-0.2, -0.15) is 0 Å². The molecule has 0 aromatic carbocycles. The Morgan fingerprint density at radius 2 is 1.24 bits per heavy atom. The number of aliphatic hydroxyl groups is 4. The van der Waals surface area contributed by atoms with E-state index >= 15 is 0 Å². The summed E-state index contributed by atoms with van der Waals surface area (Å²) in [5, 5.41) is 41.0. The Hall–Kier alpha value is -1.74. The van der Waals surface area contributed by atoms with Gasteiger partial charge in [-0.3, -0.25) is 9.59 Å². The van der Waals surface area contributed by atoms with Crippen molar-refractivity contribution in [3.8, 4) is 0 Å². The highest BCUT2D eigenvalue weighted by Gasteiger charge is 2.39. The first-order valence-corrected chi connectivity index (χ1v) is 18.1. The molecule has 0 bridgehead atoms. The molecule has 1 fully saturated rings. The van der Waals surface area contributed by atoms with Crippen molar-refractivity contribution in [3.05, 3.63) is 24.3 Å². The van der Waals surface area contributed by atoms with Crippen LogP contribution in [0.5, 0.6) is 0 Å². The molecule has 1 aliphatic rings. The Labute approximate surface area is 273 Å². The summed E-state index contributed by atoms with van der Waals surface area (Å²) in [5.41, 5.74) is 0. The second-order valence-electron chi connectivity index (χ2n) is 13.0. The third-order valence-electron chi connectivity index (χ3n) is 8.76. The minimum atomic E-state index is -1.04. The maximum atomic E-state index is 12.0. The molecule has 1 aliphatic carbocycles. The molecule has 45 heavy (non-hydrogen) atoms. The number of allylic oxidation sites excluding steroid dienone is 2. The van der Waals surface area contributed by atoms with E-state index in [1.807, 2.05) is 18.2 Å². The summed E-state index contributed by atoms with van der Waals surface area (Å²) in [7, 11) is 0. The quantitative estimate of drug-likeness (QED) is 0.0405. The van der Waals surface area contributed by atoms with Crippen LogP contribution in [0.25, 0.3) is 0 Å². The zero-order valence-corrected chi connectivity index (χ0v) is 28.5. The van der Waals surface area contributed by atoms with Crippen LogP contribution in [-0.2, 0) is 19.1 Å². The summed E-state index contributed by atoms with van der Waals surface area (Å²) < 4.78 is 10.2. The number of carbonyl (C=O) groups excluding carboxylic acids is 2. The standard InChI is InChI=1S/C37H66O8/c1-3-5-7-8-9-10-11-12-13-14-19-23-36(42)44-28-31(39)29-45-37(43)24-20-16-15-18-22-32-33(35(41)27-34(32)40)26-25-30(38)21-17-6-4-2/h15,18,25-26,30-35,38-41H,3-14,16-17,19-24,27-29H2,1-2H3/b18-15+,26-25+/t30-,31+,32+,33+,34-,35+/m0/s1. The first-order valence-electron chi connectivity index (χ1n) is 18.1. The lowest BCUT2D eigenvalue weighted by Crippen LogP contribution is -2.25. The Balaban J connectivity index is 2.10. The van der Waals surface area contributed by atoms with Gasteiger partial charge in [0.2, 0.25) is 0 Å². The van der Waals surface area contributed by atoms with Crippen molar-refractivity contribution in [2.45, 2.75) is 173 Å². The van der Waals surface area contributed by atoms with E-state index in [4.69, 9.17) is 9.47 Å². The van der Waals surface area contributed by atoms with Crippen molar-refractivity contribution in [2.75, 3.05) is 13.2 Å². The summed E-state index contributed by atoms with van der Waals surface area (Å²) in [5.74, 6) is -1.05. The van der Waals surface area contributed by atoms with Gasteiger partial charge in [0.1, 0.15) is 19.3 Å². The van der Waals surface area contributed by atoms with Crippen LogP contribution in [-0.4, -0.2) is 70.0 Å². The van der Waals surface area contributed by atoms with Crippen molar-refractivity contribution in [1.29, 1.82) is 0 Å². The van der Waals surface area contributed by atoms with Gasteiger partial charge in [-0.15, -0.1) is 0 Å². The molecule has 0 heterocycles. The minimum absolute atomic E-state index is 0.115. The van der Waals surface area contributed by atoms with Crippen molar-refractivity contribution in [1.82, 2.24) is 0 Å². The fraction of sp³-hybridized carbons (Fsp3) is 0.838. The largest absolute Gasteiger partial charge is 0.463 e. The molecule has 0 spiro atoms. The van der Waals surface area contributed by atoms with Crippen molar-refractivity contribution in [3.63, 3.8) is 0 Å². The predicted octanol–water partition coefficient (Wildman–Crippen LogP) is 7.11. The summed E-state index contributed by atoms with van der Waals surface area (Å²) in [6.07, 6.45) is 24.7. The molecule has 1 rings (SSSR count). The van der Waals surface area contributed by atoms with Crippen LogP contribution < -0.4 is 0 Å². The van der Waals surface area contributed by atoms with Gasteiger partial charge in [-0.05, 0) is 38.0 Å². The van der Waals surface area contributed by atoms with E-state index in [2.05, 4.69) is 13.8 Å². The lowest BCUT2D eigenvalue weighted by Gasteiger charge is -2.19. The van der Waals surface area contributed by atoms with Crippen LogP contribution in [0.1, 0.15) is 149 Å². The van der Waals surface area contributed by atoms with Gasteiger partial charge in [0, 0.05) is 25.2 Å². The topological polar surface area (TPSA) is 134 Å². The van der Waals surface area contributed by atoms with Crippen LogP contribution in [0.15, 0.2) is 24.3 Å². The van der Waals surface area contributed by atoms with Crippen molar-refractivity contribution in [2.24, 2.45) is 11.8 Å². The molecule has 4 N–H and O–H groups in total. The van der Waals surface area contributed by atoms with Crippen LogP contribution in [0.4, 0.5) is 0 Å². The first kappa shape index (κ1) is 41.3. The molecule has 6 atom stereocenters. The van der Waals surface area contributed by atoms with Crippen molar-refractivity contribution >= 4 is 11.9 Å². The Morgan fingerprint density at radius 3 is 1.84 bits per heavy atom. The van der Waals surface area contributed by atoms with Gasteiger partial charge in [-0.25, -0.2) is 0 Å². The smallest absolute Gasteiger partial charge is 0.305 e. The van der Waals surface area contributed by atoms with Gasteiger partial charge in [0.15, 0.2) is 0 Å². The minimum Gasteiger partial charge on any atom is -0.463 e. The van der Waals surface area contributed by atoms with Crippen LogP contribution in [0.3, 0.4) is 0 Å². The summed E-state index contributed by atoms with van der Waals surface area (Å²) in [4.78, 5) is 24.0. The van der Waals surface area contributed by atoms with E-state index in [0.717, 1.165) is 38.5 Å². The SMILES string of the molecule is CCCCCCCCCCCCCC(=O)OC[C@@H](O)COC(=O)CCC/C=C/C[C@@H]1[C@@H](/C=C/[C@@H](O)CCCCC)[C@H](O)C[C@@H]1O. The molecule has 0 aromatic rings. The maximum Gasteiger partial charge on any atom is 0.305 e. The number of ether oxygens (including phenoxy) is 2. The number of aliphatic hydroxyl groups excluding tert-OH is 4. The molecule has 8 nitrogen and oxygen atoms in total. The zero-order valence-electron chi connectivity index (χ0n) is 28.5. The summed E-state index contributed by atoms with van der Waals surface area (Å²) in [6, 6.07) is 0. The average Bonchev–Trinajstić information content (AvgIpc) is 3.29. The van der Waals surface area contributed by atoms with Crippen LogP contribution in [0, 0.1) is 11.8 Å². The highest BCUT2D eigenvalue weighted by molar-refractivity contribution is 5.69. The molecule has 0 aliphatic heterocycles. The van der Waals surface area contributed by atoms with E-state index in [-0.39, 0.29) is 37.4 Å². The lowest BCUT2D eigenvalue weighted by atomic mass is 9.89. The van der Waals surface area contributed by atoms with Gasteiger partial charge in [0.25, 0.3) is 0 Å². The number of esters is 2. The zero-order chi connectivity index (χ0) is 33.1. The molecule has 0 saturated heterocycles. The molecule has 262 valence electrons. The Kier molecular flexibility index (Phi) is 25.1. The first-order chi connectivity index (χ1) is 21.8. The second kappa shape index (κ2) is 27.4. The third kappa shape index (κ3) is 21.6. The van der Waals surface area contributed by atoms with E-state index in [1.165, 1.54) is 51.4 Å². The number of rotatable bonds is 28. The molecule has 0 unspecified atom stereocenters.